The van der Waals surface area contributed by atoms with Gasteiger partial charge >= 0.3 is 0 Å². The summed E-state index contributed by atoms with van der Waals surface area (Å²) >= 11 is 0. The highest BCUT2D eigenvalue weighted by Gasteiger charge is 2.41. The van der Waals surface area contributed by atoms with Crippen LogP contribution in [0.5, 0.6) is 0 Å². The second kappa shape index (κ2) is 9.34. The first-order valence-corrected chi connectivity index (χ1v) is 12.8. The van der Waals surface area contributed by atoms with Gasteiger partial charge in [-0.05, 0) is 17.5 Å². The van der Waals surface area contributed by atoms with E-state index in [1.165, 1.54) is 36.7 Å². The Balaban J connectivity index is 1.97. The summed E-state index contributed by atoms with van der Waals surface area (Å²) in [6.07, 6.45) is 1.26. The summed E-state index contributed by atoms with van der Waals surface area (Å²) in [7, 11) is -1.27. The van der Waals surface area contributed by atoms with Crippen molar-refractivity contribution in [2.75, 3.05) is 26.2 Å². The first-order valence-electron chi connectivity index (χ1n) is 10.4. The Morgan fingerprint density at radius 1 is 0.840 bits per heavy atom. The van der Waals surface area contributed by atoms with Crippen molar-refractivity contribution in [2.45, 2.75) is 77.2 Å². The van der Waals surface area contributed by atoms with Gasteiger partial charge in [-0.25, -0.2) is 0 Å². The van der Waals surface area contributed by atoms with Crippen LogP contribution in [0.15, 0.2) is 24.3 Å². The Hall–Kier alpha value is -0.643. The zero-order chi connectivity index (χ0) is 18.4. The normalized spacial score (nSPS) is 17.0. The van der Waals surface area contributed by atoms with Crippen molar-refractivity contribution >= 4 is 8.07 Å². The molecule has 142 valence electrons. The van der Waals surface area contributed by atoms with E-state index in [2.05, 4.69) is 76.0 Å². The third-order valence-electron chi connectivity index (χ3n) is 6.71. The van der Waals surface area contributed by atoms with Crippen LogP contribution in [0.2, 0.25) is 22.7 Å². The van der Waals surface area contributed by atoms with Gasteiger partial charge in [0.25, 0.3) is 0 Å². The van der Waals surface area contributed by atoms with Crippen molar-refractivity contribution in [3.8, 4) is 0 Å². The predicted molar refractivity (Wildman–Crippen MR) is 114 cm³/mol. The van der Waals surface area contributed by atoms with Crippen molar-refractivity contribution < 1.29 is 0 Å². The lowest BCUT2D eigenvalue weighted by Gasteiger charge is -2.43. The van der Waals surface area contributed by atoms with E-state index < -0.39 is 8.07 Å². The first-order chi connectivity index (χ1) is 11.9. The molecular weight excluding hydrogens is 320 g/mol. The minimum absolute atomic E-state index is 0.861. The van der Waals surface area contributed by atoms with Gasteiger partial charge in [0.05, 0.1) is 8.07 Å². The van der Waals surface area contributed by atoms with Gasteiger partial charge in [0.2, 0.25) is 0 Å². The maximum atomic E-state index is 3.43. The Morgan fingerprint density at radius 3 is 1.80 bits per heavy atom. The van der Waals surface area contributed by atoms with E-state index in [-0.39, 0.29) is 0 Å². The van der Waals surface area contributed by atoms with Crippen molar-refractivity contribution in [2.24, 2.45) is 0 Å². The Morgan fingerprint density at radius 2 is 1.32 bits per heavy atom. The molecule has 0 aromatic heterocycles. The maximum Gasteiger partial charge on any atom is 0.0616 e. The molecule has 2 rings (SSSR count). The molecular formula is C22H40N2Si. The molecule has 1 fully saturated rings. The van der Waals surface area contributed by atoms with E-state index in [9.17, 15) is 0 Å². The zero-order valence-corrected chi connectivity index (χ0v) is 18.4. The van der Waals surface area contributed by atoms with E-state index in [0.717, 1.165) is 36.3 Å². The first kappa shape index (κ1) is 20.7. The van der Waals surface area contributed by atoms with Gasteiger partial charge in [-0.1, -0.05) is 88.5 Å². The summed E-state index contributed by atoms with van der Waals surface area (Å²) in [6.45, 7) is 20.6. The van der Waals surface area contributed by atoms with Crippen LogP contribution in [0.3, 0.4) is 0 Å². The molecule has 0 unspecified atom stereocenters. The Bertz CT molecular complexity index is 479. The van der Waals surface area contributed by atoms with Crippen LogP contribution < -0.4 is 5.32 Å². The molecule has 1 heterocycles. The van der Waals surface area contributed by atoms with Gasteiger partial charge in [0, 0.05) is 32.7 Å². The van der Waals surface area contributed by atoms with Crippen molar-refractivity contribution in [3.05, 3.63) is 35.4 Å². The quantitative estimate of drug-likeness (QED) is 0.632. The second-order valence-electron chi connectivity index (χ2n) is 8.92. The number of hydrogen-bond acceptors (Lipinski definition) is 2. The molecule has 3 heteroatoms. The fourth-order valence-electron chi connectivity index (χ4n) is 5.17. The minimum atomic E-state index is -1.27. The van der Waals surface area contributed by atoms with Crippen LogP contribution in [-0.4, -0.2) is 39.2 Å². The molecule has 0 atom stereocenters. The minimum Gasteiger partial charge on any atom is -0.314 e. The summed E-state index contributed by atoms with van der Waals surface area (Å²) in [5.74, 6) is 0. The van der Waals surface area contributed by atoms with Crippen molar-refractivity contribution in [3.63, 3.8) is 0 Å². The third kappa shape index (κ3) is 5.18. The average Bonchev–Trinajstić information content (AvgIpc) is 2.57. The van der Waals surface area contributed by atoms with Gasteiger partial charge in [-0.15, -0.1) is 0 Å². The average molecular weight is 361 g/mol. The standard InChI is InChI=1S/C22H40N2Si/c1-18(2)25(19(3)4,20(5)6)16-11-21-7-9-22(10-8-21)17-24-14-12-23-13-15-24/h7-10,18-20,23H,11-17H2,1-6H3. The summed E-state index contributed by atoms with van der Waals surface area (Å²) in [5.41, 5.74) is 5.58. The molecule has 1 N–H and O–H groups in total. The lowest BCUT2D eigenvalue weighted by Crippen LogP contribution is -2.44. The lowest BCUT2D eigenvalue weighted by molar-refractivity contribution is 0.233. The van der Waals surface area contributed by atoms with E-state index in [1.54, 1.807) is 0 Å². The van der Waals surface area contributed by atoms with E-state index in [4.69, 9.17) is 0 Å². The molecule has 0 aliphatic carbocycles. The highest BCUT2D eigenvalue weighted by molar-refractivity contribution is 6.83. The molecule has 1 aromatic rings. The van der Waals surface area contributed by atoms with Gasteiger partial charge in [0.1, 0.15) is 0 Å². The third-order valence-corrected chi connectivity index (χ3v) is 14.3. The molecule has 2 nitrogen and oxygen atoms in total. The maximum absolute atomic E-state index is 3.43. The zero-order valence-electron chi connectivity index (χ0n) is 17.4. The summed E-state index contributed by atoms with van der Waals surface area (Å²) < 4.78 is 0. The van der Waals surface area contributed by atoms with E-state index >= 15 is 0 Å². The van der Waals surface area contributed by atoms with Gasteiger partial charge < -0.3 is 5.32 Å². The van der Waals surface area contributed by atoms with Gasteiger partial charge in [0.15, 0.2) is 0 Å². The number of piperazine rings is 1. The van der Waals surface area contributed by atoms with Crippen molar-refractivity contribution in [1.29, 1.82) is 0 Å². The van der Waals surface area contributed by atoms with Crippen LogP contribution in [0.25, 0.3) is 0 Å². The molecule has 1 saturated heterocycles. The van der Waals surface area contributed by atoms with Crippen LogP contribution in [0.1, 0.15) is 52.7 Å². The fraction of sp³-hybridized carbons (Fsp3) is 0.727. The Kier molecular flexibility index (Phi) is 7.72. The monoisotopic (exact) mass is 360 g/mol. The molecule has 0 amide bonds. The van der Waals surface area contributed by atoms with Crippen LogP contribution >= 0.6 is 0 Å². The number of hydrogen-bond donors (Lipinski definition) is 1. The number of nitrogens with zero attached hydrogens (tertiary/aromatic N) is 1. The molecule has 0 bridgehead atoms. The summed E-state index contributed by atoms with van der Waals surface area (Å²) in [5, 5.41) is 3.43. The van der Waals surface area contributed by atoms with Gasteiger partial charge in [-0.2, -0.15) is 0 Å². The second-order valence-corrected chi connectivity index (χ2v) is 15.1. The van der Waals surface area contributed by atoms with Crippen molar-refractivity contribution in [1.82, 2.24) is 10.2 Å². The highest BCUT2D eigenvalue weighted by Crippen LogP contribution is 2.45. The molecule has 25 heavy (non-hydrogen) atoms. The smallest absolute Gasteiger partial charge is 0.0616 e. The number of aryl methyl sites for hydroxylation is 1. The molecule has 0 radical (unpaired) electrons. The van der Waals surface area contributed by atoms with Crippen LogP contribution in [-0.2, 0) is 13.0 Å². The predicted octanol–water partition coefficient (Wildman–Crippen LogP) is 5.31. The molecule has 1 aliphatic rings. The topological polar surface area (TPSA) is 15.3 Å². The Labute approximate surface area is 157 Å². The molecule has 0 spiro atoms. The highest BCUT2D eigenvalue weighted by atomic mass is 28.3. The number of benzene rings is 1. The van der Waals surface area contributed by atoms with Crippen LogP contribution in [0.4, 0.5) is 0 Å². The van der Waals surface area contributed by atoms with Crippen LogP contribution in [0, 0.1) is 0 Å². The largest absolute Gasteiger partial charge is 0.314 e. The molecule has 0 saturated carbocycles. The fourth-order valence-corrected chi connectivity index (χ4v) is 11.6. The summed E-state index contributed by atoms with van der Waals surface area (Å²) in [6, 6.07) is 10.9. The molecule has 1 aliphatic heterocycles. The summed E-state index contributed by atoms with van der Waals surface area (Å²) in [4.78, 5) is 2.56. The lowest BCUT2D eigenvalue weighted by atomic mass is 10.1. The van der Waals surface area contributed by atoms with E-state index in [0.29, 0.717) is 0 Å². The molecule has 1 aromatic carbocycles. The number of nitrogens with one attached hydrogen (secondary N) is 1. The van der Waals surface area contributed by atoms with Gasteiger partial charge in [-0.3, -0.25) is 4.90 Å². The van der Waals surface area contributed by atoms with E-state index in [1.807, 2.05) is 0 Å². The number of rotatable bonds is 8. The SMILES string of the molecule is CC(C)[Si](CCc1ccc(CN2CCNCC2)cc1)(C(C)C)C(C)C.